The molecule has 1 atom stereocenters. The lowest BCUT2D eigenvalue weighted by molar-refractivity contribution is 0.419. The van der Waals surface area contributed by atoms with Gasteiger partial charge in [0.1, 0.15) is 0 Å². The van der Waals surface area contributed by atoms with Crippen LogP contribution in [0.1, 0.15) is 63.1 Å². The van der Waals surface area contributed by atoms with Gasteiger partial charge in [-0.2, -0.15) is 11.8 Å². The third-order valence-corrected chi connectivity index (χ3v) is 5.29. The van der Waals surface area contributed by atoms with Crippen molar-refractivity contribution in [2.75, 3.05) is 12.8 Å². The van der Waals surface area contributed by atoms with Gasteiger partial charge in [-0.1, -0.05) is 51.5 Å². The Morgan fingerprint density at radius 1 is 1.32 bits per heavy atom. The van der Waals surface area contributed by atoms with Crippen LogP contribution in [0.4, 0.5) is 0 Å². The second kappa shape index (κ2) is 6.32. The molecule has 0 spiro atoms. The van der Waals surface area contributed by atoms with Gasteiger partial charge < -0.3 is 5.32 Å². The molecular formula is C17H27NS. The van der Waals surface area contributed by atoms with Crippen LogP contribution in [0.25, 0.3) is 0 Å². The van der Waals surface area contributed by atoms with Crippen molar-refractivity contribution in [1.29, 1.82) is 0 Å². The monoisotopic (exact) mass is 277 g/mol. The molecule has 0 bridgehead atoms. The highest BCUT2D eigenvalue weighted by molar-refractivity contribution is 8.00. The van der Waals surface area contributed by atoms with Crippen molar-refractivity contribution in [3.05, 3.63) is 35.4 Å². The topological polar surface area (TPSA) is 12.0 Å². The maximum Gasteiger partial charge on any atom is 0.0409 e. The Kier molecular flexibility index (Phi) is 4.97. The maximum absolute atomic E-state index is 3.47. The Labute approximate surface area is 122 Å². The van der Waals surface area contributed by atoms with Gasteiger partial charge in [0.25, 0.3) is 0 Å². The van der Waals surface area contributed by atoms with Crippen LogP contribution >= 0.6 is 11.8 Å². The zero-order valence-corrected chi connectivity index (χ0v) is 13.5. The molecule has 0 aliphatic heterocycles. The third-order valence-electron chi connectivity index (χ3n) is 3.92. The Balaban J connectivity index is 2.05. The molecule has 106 valence electrons. The number of hydrogen-bond donors (Lipinski definition) is 1. The molecule has 2 rings (SSSR count). The molecule has 0 amide bonds. The van der Waals surface area contributed by atoms with Gasteiger partial charge in [0.2, 0.25) is 0 Å². The largest absolute Gasteiger partial charge is 0.312 e. The zero-order valence-electron chi connectivity index (χ0n) is 12.7. The van der Waals surface area contributed by atoms with Gasteiger partial charge in [-0.15, -0.1) is 0 Å². The van der Waals surface area contributed by atoms with Gasteiger partial charge in [-0.25, -0.2) is 0 Å². The first-order valence-corrected chi connectivity index (χ1v) is 8.39. The predicted molar refractivity (Wildman–Crippen MR) is 87.0 cm³/mol. The van der Waals surface area contributed by atoms with E-state index in [2.05, 4.69) is 57.4 Å². The van der Waals surface area contributed by atoms with Crippen molar-refractivity contribution >= 4 is 11.8 Å². The van der Waals surface area contributed by atoms with E-state index < -0.39 is 0 Å². The summed E-state index contributed by atoms with van der Waals surface area (Å²) in [5, 5.41) is 3.47. The number of thioether (sulfide) groups is 1. The highest BCUT2D eigenvalue weighted by atomic mass is 32.2. The molecule has 0 aromatic heterocycles. The van der Waals surface area contributed by atoms with Crippen LogP contribution in [-0.2, 0) is 0 Å². The first-order valence-electron chi connectivity index (χ1n) is 7.40. The molecule has 1 aromatic carbocycles. The van der Waals surface area contributed by atoms with Crippen molar-refractivity contribution in [3.63, 3.8) is 0 Å². The standard InChI is InChI=1S/C17H27NS/c1-17(2,3)19-12-16(18-4)15-10-6-9-14(11-15)13-7-5-8-13/h6,9-11,13,16,18H,5,7-8,12H2,1-4H3. The Hall–Kier alpha value is -0.470. The van der Waals surface area contributed by atoms with E-state index in [-0.39, 0.29) is 0 Å². The van der Waals surface area contributed by atoms with Crippen molar-refractivity contribution in [2.24, 2.45) is 0 Å². The van der Waals surface area contributed by atoms with E-state index in [1.165, 1.54) is 24.8 Å². The van der Waals surface area contributed by atoms with Crippen LogP contribution in [0.3, 0.4) is 0 Å². The zero-order chi connectivity index (χ0) is 13.9. The predicted octanol–water partition coefficient (Wildman–Crippen LogP) is 4.75. The lowest BCUT2D eigenvalue weighted by Crippen LogP contribution is -2.22. The van der Waals surface area contributed by atoms with E-state index in [1.54, 1.807) is 5.56 Å². The minimum absolute atomic E-state index is 0.334. The summed E-state index contributed by atoms with van der Waals surface area (Å²) in [6.07, 6.45) is 4.17. The van der Waals surface area contributed by atoms with Gasteiger partial charge in [0.15, 0.2) is 0 Å². The summed E-state index contributed by atoms with van der Waals surface area (Å²) in [5.41, 5.74) is 2.99. The fourth-order valence-electron chi connectivity index (χ4n) is 2.45. The summed E-state index contributed by atoms with van der Waals surface area (Å²) in [6.45, 7) is 6.86. The molecular weight excluding hydrogens is 250 g/mol. The minimum atomic E-state index is 0.334. The van der Waals surface area contributed by atoms with Crippen molar-refractivity contribution in [1.82, 2.24) is 5.32 Å². The third kappa shape index (κ3) is 4.25. The van der Waals surface area contributed by atoms with E-state index in [1.807, 2.05) is 11.8 Å². The molecule has 1 N–H and O–H groups in total. The van der Waals surface area contributed by atoms with Crippen LogP contribution < -0.4 is 5.32 Å². The molecule has 1 aliphatic carbocycles. The second-order valence-electron chi connectivity index (χ2n) is 6.56. The summed E-state index contributed by atoms with van der Waals surface area (Å²) in [6, 6.07) is 9.69. The van der Waals surface area contributed by atoms with Crippen LogP contribution in [0.2, 0.25) is 0 Å². The van der Waals surface area contributed by atoms with Crippen LogP contribution in [-0.4, -0.2) is 17.5 Å². The van der Waals surface area contributed by atoms with E-state index in [0.717, 1.165) is 11.7 Å². The van der Waals surface area contributed by atoms with Crippen molar-refractivity contribution < 1.29 is 0 Å². The Morgan fingerprint density at radius 2 is 2.05 bits per heavy atom. The van der Waals surface area contributed by atoms with Crippen molar-refractivity contribution in [3.8, 4) is 0 Å². The van der Waals surface area contributed by atoms with E-state index >= 15 is 0 Å². The minimum Gasteiger partial charge on any atom is -0.312 e. The van der Waals surface area contributed by atoms with Crippen LogP contribution in [0.5, 0.6) is 0 Å². The summed E-state index contributed by atoms with van der Waals surface area (Å²) < 4.78 is 0.334. The molecule has 1 unspecified atom stereocenters. The Bertz CT molecular complexity index is 404. The lowest BCUT2D eigenvalue weighted by Gasteiger charge is -2.28. The van der Waals surface area contributed by atoms with E-state index in [9.17, 15) is 0 Å². The molecule has 1 saturated carbocycles. The van der Waals surface area contributed by atoms with Gasteiger partial charge in [0, 0.05) is 16.5 Å². The molecule has 1 fully saturated rings. The quantitative estimate of drug-likeness (QED) is 0.834. The molecule has 1 aromatic rings. The molecule has 1 nitrogen and oxygen atoms in total. The van der Waals surface area contributed by atoms with Gasteiger partial charge in [-0.3, -0.25) is 0 Å². The average Bonchev–Trinajstić information content (AvgIpc) is 2.26. The van der Waals surface area contributed by atoms with Crippen LogP contribution in [0.15, 0.2) is 24.3 Å². The maximum atomic E-state index is 3.47. The number of rotatable bonds is 5. The highest BCUT2D eigenvalue weighted by Crippen LogP contribution is 2.37. The van der Waals surface area contributed by atoms with Gasteiger partial charge in [-0.05, 0) is 36.9 Å². The fourth-order valence-corrected chi connectivity index (χ4v) is 3.48. The lowest BCUT2D eigenvalue weighted by atomic mass is 9.79. The van der Waals surface area contributed by atoms with Crippen molar-refractivity contribution in [2.45, 2.75) is 56.7 Å². The first-order chi connectivity index (χ1) is 8.99. The highest BCUT2D eigenvalue weighted by Gasteiger charge is 2.21. The molecule has 19 heavy (non-hydrogen) atoms. The van der Waals surface area contributed by atoms with E-state index in [0.29, 0.717) is 10.8 Å². The van der Waals surface area contributed by atoms with E-state index in [4.69, 9.17) is 0 Å². The molecule has 1 aliphatic rings. The number of nitrogens with one attached hydrogen (secondary N) is 1. The smallest absolute Gasteiger partial charge is 0.0409 e. The SMILES string of the molecule is CNC(CSC(C)(C)C)c1cccc(C2CCC2)c1. The first kappa shape index (κ1) is 14.9. The van der Waals surface area contributed by atoms with Crippen LogP contribution in [0, 0.1) is 0 Å². The Morgan fingerprint density at radius 3 is 2.58 bits per heavy atom. The summed E-state index contributed by atoms with van der Waals surface area (Å²) in [5.74, 6) is 1.96. The number of hydrogen-bond acceptors (Lipinski definition) is 2. The van der Waals surface area contributed by atoms with Gasteiger partial charge >= 0.3 is 0 Å². The molecule has 2 heteroatoms. The molecule has 0 radical (unpaired) electrons. The summed E-state index contributed by atoms with van der Waals surface area (Å²) in [7, 11) is 2.07. The normalized spacial score (nSPS) is 18.1. The van der Waals surface area contributed by atoms with Gasteiger partial charge in [0.05, 0.1) is 0 Å². The fraction of sp³-hybridized carbons (Fsp3) is 0.647. The summed E-state index contributed by atoms with van der Waals surface area (Å²) >= 11 is 2.03. The second-order valence-corrected chi connectivity index (χ2v) is 8.41. The molecule has 0 saturated heterocycles. The molecule has 0 heterocycles. The average molecular weight is 277 g/mol. The summed E-state index contributed by atoms with van der Waals surface area (Å²) in [4.78, 5) is 0. The number of benzene rings is 1.